The van der Waals surface area contributed by atoms with Gasteiger partial charge in [0.2, 0.25) is 0 Å². The van der Waals surface area contributed by atoms with Crippen LogP contribution in [0.25, 0.3) is 0 Å². The van der Waals surface area contributed by atoms with Gasteiger partial charge in [0, 0.05) is 6.04 Å². The molecule has 1 aliphatic rings. The molecular weight excluding hydrogens is 186 g/mol. The van der Waals surface area contributed by atoms with E-state index in [0.29, 0.717) is 0 Å². The van der Waals surface area contributed by atoms with Crippen LogP contribution >= 0.6 is 11.6 Å². The van der Waals surface area contributed by atoms with Gasteiger partial charge < -0.3 is 10.5 Å². The van der Waals surface area contributed by atoms with Gasteiger partial charge >= 0.3 is 0 Å². The molecule has 0 spiro atoms. The van der Waals surface area contributed by atoms with Crippen LogP contribution in [0.5, 0.6) is 5.75 Å². The van der Waals surface area contributed by atoms with Crippen molar-refractivity contribution >= 4 is 11.6 Å². The Balaban J connectivity index is 2.54. The Morgan fingerprint density at radius 1 is 1.54 bits per heavy atom. The van der Waals surface area contributed by atoms with Crippen molar-refractivity contribution in [3.63, 3.8) is 0 Å². The van der Waals surface area contributed by atoms with E-state index >= 15 is 0 Å². The molecule has 0 heterocycles. The quantitative estimate of drug-likeness (QED) is 0.750. The molecule has 3 heteroatoms. The van der Waals surface area contributed by atoms with Crippen LogP contribution in [0.2, 0.25) is 5.02 Å². The van der Waals surface area contributed by atoms with E-state index in [1.165, 1.54) is 5.56 Å². The lowest BCUT2D eigenvalue weighted by Gasteiger charge is -2.09. The molecule has 1 aromatic rings. The molecule has 1 aliphatic carbocycles. The summed E-state index contributed by atoms with van der Waals surface area (Å²) < 4.78 is 5.13. The summed E-state index contributed by atoms with van der Waals surface area (Å²) in [6.07, 6.45) is 1.95. The number of rotatable bonds is 1. The minimum atomic E-state index is 0.151. The molecule has 0 aliphatic heterocycles. The lowest BCUT2D eigenvalue weighted by atomic mass is 10.1. The van der Waals surface area contributed by atoms with E-state index in [2.05, 4.69) is 0 Å². The first-order valence-corrected chi connectivity index (χ1v) is 4.72. The van der Waals surface area contributed by atoms with Crippen LogP contribution in [-0.2, 0) is 6.42 Å². The Kier molecular flexibility index (Phi) is 2.18. The Morgan fingerprint density at radius 3 is 3.00 bits per heavy atom. The minimum absolute atomic E-state index is 0.151. The van der Waals surface area contributed by atoms with E-state index in [9.17, 15) is 0 Å². The van der Waals surface area contributed by atoms with Crippen molar-refractivity contribution in [3.8, 4) is 5.75 Å². The number of ether oxygens (including phenoxy) is 1. The molecule has 2 N–H and O–H groups in total. The summed E-state index contributed by atoms with van der Waals surface area (Å²) in [6.45, 7) is 0. The van der Waals surface area contributed by atoms with Crippen molar-refractivity contribution < 1.29 is 4.74 Å². The molecule has 0 bridgehead atoms. The van der Waals surface area contributed by atoms with Crippen molar-refractivity contribution in [2.75, 3.05) is 7.11 Å². The Labute approximate surface area is 82.6 Å². The number of nitrogens with two attached hydrogens (primary N) is 1. The van der Waals surface area contributed by atoms with Gasteiger partial charge in [0.05, 0.1) is 12.1 Å². The Morgan fingerprint density at radius 2 is 2.31 bits per heavy atom. The van der Waals surface area contributed by atoms with Gasteiger partial charge in [-0.15, -0.1) is 0 Å². The Hall–Kier alpha value is -0.730. The van der Waals surface area contributed by atoms with E-state index < -0.39 is 0 Å². The van der Waals surface area contributed by atoms with Gasteiger partial charge in [-0.1, -0.05) is 17.7 Å². The zero-order valence-corrected chi connectivity index (χ0v) is 8.27. The molecule has 0 unspecified atom stereocenters. The van der Waals surface area contributed by atoms with Crippen LogP contribution in [0, 0.1) is 0 Å². The highest BCUT2D eigenvalue weighted by Crippen LogP contribution is 2.38. The highest BCUT2D eigenvalue weighted by Gasteiger charge is 2.22. The van der Waals surface area contributed by atoms with Crippen molar-refractivity contribution in [1.82, 2.24) is 0 Å². The molecule has 0 fully saturated rings. The summed E-state index contributed by atoms with van der Waals surface area (Å²) in [5, 5.41) is 0.730. The normalized spacial score (nSPS) is 20.1. The third kappa shape index (κ3) is 1.30. The maximum Gasteiger partial charge on any atom is 0.137 e. The molecule has 13 heavy (non-hydrogen) atoms. The van der Waals surface area contributed by atoms with E-state index in [1.807, 2.05) is 12.1 Å². The first-order chi connectivity index (χ1) is 6.24. The fourth-order valence-electron chi connectivity index (χ4n) is 1.83. The second kappa shape index (κ2) is 3.20. The largest absolute Gasteiger partial charge is 0.495 e. The van der Waals surface area contributed by atoms with Crippen LogP contribution in [-0.4, -0.2) is 7.11 Å². The van der Waals surface area contributed by atoms with Crippen LogP contribution in [0.3, 0.4) is 0 Å². The van der Waals surface area contributed by atoms with Gasteiger partial charge in [-0.3, -0.25) is 0 Å². The van der Waals surface area contributed by atoms with Crippen LogP contribution in [0.1, 0.15) is 23.6 Å². The van der Waals surface area contributed by atoms with E-state index in [4.69, 9.17) is 22.1 Å². The summed E-state index contributed by atoms with van der Waals surface area (Å²) in [6, 6.07) is 4.04. The topological polar surface area (TPSA) is 35.2 Å². The lowest BCUT2D eigenvalue weighted by Crippen LogP contribution is -2.05. The standard InChI is InChI=1S/C10H12ClNO/c1-13-9-5-3-6-7(10(9)11)2-4-8(6)12/h3,5,8H,2,4,12H2,1H3/t8-/m0/s1. The number of benzene rings is 1. The fourth-order valence-corrected chi connectivity index (χ4v) is 2.17. The smallest absolute Gasteiger partial charge is 0.137 e. The predicted octanol–water partition coefficient (Wildman–Crippen LogP) is 2.29. The third-order valence-corrected chi connectivity index (χ3v) is 2.98. The summed E-state index contributed by atoms with van der Waals surface area (Å²) in [5.74, 6) is 0.745. The zero-order chi connectivity index (χ0) is 9.42. The molecule has 1 atom stereocenters. The maximum atomic E-state index is 6.14. The second-order valence-electron chi connectivity index (χ2n) is 3.29. The van der Waals surface area contributed by atoms with Gasteiger partial charge in [0.25, 0.3) is 0 Å². The SMILES string of the molecule is COc1ccc2c(c1Cl)CC[C@@H]2N. The molecule has 1 aromatic carbocycles. The third-order valence-electron chi connectivity index (χ3n) is 2.57. The zero-order valence-electron chi connectivity index (χ0n) is 7.51. The molecule has 0 radical (unpaired) electrons. The average Bonchev–Trinajstić information content (AvgIpc) is 2.50. The molecule has 2 nitrogen and oxygen atoms in total. The highest BCUT2D eigenvalue weighted by molar-refractivity contribution is 6.33. The summed E-state index contributed by atoms with van der Waals surface area (Å²) in [4.78, 5) is 0. The monoisotopic (exact) mass is 197 g/mol. The van der Waals surface area contributed by atoms with Gasteiger partial charge in [0.1, 0.15) is 5.75 Å². The van der Waals surface area contributed by atoms with Crippen LogP contribution in [0.4, 0.5) is 0 Å². The number of hydrogen-bond donors (Lipinski definition) is 1. The van der Waals surface area contributed by atoms with Crippen LogP contribution < -0.4 is 10.5 Å². The predicted molar refractivity (Wildman–Crippen MR) is 53.3 cm³/mol. The van der Waals surface area contributed by atoms with E-state index in [1.54, 1.807) is 7.11 Å². The number of fused-ring (bicyclic) bond motifs is 1. The number of halogens is 1. The molecule has 0 amide bonds. The van der Waals surface area contributed by atoms with Crippen LogP contribution in [0.15, 0.2) is 12.1 Å². The van der Waals surface area contributed by atoms with Gasteiger partial charge in [-0.25, -0.2) is 0 Å². The summed E-state index contributed by atoms with van der Waals surface area (Å²) in [5.41, 5.74) is 8.24. The van der Waals surface area contributed by atoms with Gasteiger partial charge in [-0.05, 0) is 30.0 Å². The Bertz CT molecular complexity index is 338. The van der Waals surface area contributed by atoms with E-state index in [0.717, 1.165) is 29.2 Å². The lowest BCUT2D eigenvalue weighted by molar-refractivity contribution is 0.414. The minimum Gasteiger partial charge on any atom is -0.495 e. The van der Waals surface area contributed by atoms with Crippen molar-refractivity contribution in [1.29, 1.82) is 0 Å². The fraction of sp³-hybridized carbons (Fsp3) is 0.400. The van der Waals surface area contributed by atoms with E-state index in [-0.39, 0.29) is 6.04 Å². The maximum absolute atomic E-state index is 6.14. The summed E-state index contributed by atoms with van der Waals surface area (Å²) in [7, 11) is 1.63. The van der Waals surface area contributed by atoms with Gasteiger partial charge in [-0.2, -0.15) is 0 Å². The van der Waals surface area contributed by atoms with Crippen molar-refractivity contribution in [2.24, 2.45) is 5.73 Å². The number of methoxy groups -OCH3 is 1. The molecular formula is C10H12ClNO. The molecule has 70 valence electrons. The average molecular weight is 198 g/mol. The molecule has 0 saturated carbocycles. The summed E-state index contributed by atoms with van der Waals surface area (Å²) >= 11 is 6.14. The molecule has 2 rings (SSSR count). The van der Waals surface area contributed by atoms with Crippen molar-refractivity contribution in [3.05, 3.63) is 28.3 Å². The van der Waals surface area contributed by atoms with Crippen molar-refractivity contribution in [2.45, 2.75) is 18.9 Å². The highest BCUT2D eigenvalue weighted by atomic mass is 35.5. The first kappa shape index (κ1) is 8.85. The second-order valence-corrected chi connectivity index (χ2v) is 3.67. The molecule has 0 saturated heterocycles. The van der Waals surface area contributed by atoms with Gasteiger partial charge in [0.15, 0.2) is 0 Å². The molecule has 0 aromatic heterocycles. The first-order valence-electron chi connectivity index (χ1n) is 4.35. The number of hydrogen-bond acceptors (Lipinski definition) is 2.